The number of morpholine rings is 1. The molecule has 0 radical (unpaired) electrons. The molecule has 1 aliphatic heterocycles. The highest BCUT2D eigenvalue weighted by Gasteiger charge is 2.26. The van der Waals surface area contributed by atoms with E-state index in [1.165, 1.54) is 4.31 Å². The normalized spacial score (nSPS) is 15.5. The Morgan fingerprint density at radius 1 is 1.00 bits per heavy atom. The molecule has 0 aliphatic carbocycles. The molecule has 4 aromatic rings. The lowest BCUT2D eigenvalue weighted by Crippen LogP contribution is -2.40. The van der Waals surface area contributed by atoms with Crippen LogP contribution in [0.1, 0.15) is 18.1 Å². The molecular formula is C25H22N2O7S. The maximum atomic E-state index is 12.8. The van der Waals surface area contributed by atoms with Gasteiger partial charge in [0.1, 0.15) is 17.0 Å². The molecule has 0 unspecified atom stereocenters. The van der Waals surface area contributed by atoms with E-state index in [1.807, 2.05) is 12.1 Å². The standard InChI is InChI=1S/C25H22N2O7S/c28-24(29)16-18(25-26-21-3-1-2-4-23(21)34-25)15-19-7-10-22(33-19)17-5-8-20(9-6-17)35(30,31)27-11-13-32-14-12-27/h1-10,15H,11-14,16H2,(H,28,29)/b18-15-. The van der Waals surface area contributed by atoms with Crippen LogP contribution >= 0.6 is 0 Å². The van der Waals surface area contributed by atoms with Crippen molar-refractivity contribution >= 4 is 38.7 Å². The number of benzene rings is 2. The second kappa shape index (κ2) is 9.49. The predicted molar refractivity (Wildman–Crippen MR) is 128 cm³/mol. The van der Waals surface area contributed by atoms with E-state index in [9.17, 15) is 18.3 Å². The van der Waals surface area contributed by atoms with Crippen LogP contribution in [0, 0.1) is 0 Å². The van der Waals surface area contributed by atoms with Gasteiger partial charge in [-0.3, -0.25) is 4.79 Å². The number of carbonyl (C=O) groups is 1. The minimum absolute atomic E-state index is 0.203. The number of carboxylic acids is 1. The fraction of sp³-hybridized carbons (Fsp3) is 0.200. The number of para-hydroxylation sites is 2. The first-order valence-corrected chi connectivity index (χ1v) is 12.4. The van der Waals surface area contributed by atoms with Gasteiger partial charge in [-0.15, -0.1) is 0 Å². The third kappa shape index (κ3) is 4.90. The molecule has 3 heterocycles. The van der Waals surface area contributed by atoms with E-state index in [0.717, 1.165) is 0 Å². The molecule has 0 spiro atoms. The number of rotatable bonds is 7. The van der Waals surface area contributed by atoms with Crippen molar-refractivity contribution < 1.29 is 31.9 Å². The summed E-state index contributed by atoms with van der Waals surface area (Å²) in [6.07, 6.45) is 1.29. The molecule has 35 heavy (non-hydrogen) atoms. The summed E-state index contributed by atoms with van der Waals surface area (Å²) in [5, 5.41) is 9.37. The lowest BCUT2D eigenvalue weighted by atomic mass is 10.1. The molecule has 1 fully saturated rings. The molecule has 0 bridgehead atoms. The van der Waals surface area contributed by atoms with E-state index in [2.05, 4.69) is 4.98 Å². The number of aromatic nitrogens is 1. The first kappa shape index (κ1) is 23.0. The first-order chi connectivity index (χ1) is 16.9. The van der Waals surface area contributed by atoms with Crippen molar-refractivity contribution in [2.75, 3.05) is 26.3 Å². The van der Waals surface area contributed by atoms with Crippen molar-refractivity contribution in [1.29, 1.82) is 0 Å². The van der Waals surface area contributed by atoms with Gasteiger partial charge in [0.2, 0.25) is 15.9 Å². The SMILES string of the molecule is O=C(O)C/C(=C/c1ccc(-c2ccc(S(=O)(=O)N3CCOCC3)cc2)o1)c1nc2ccccc2o1. The van der Waals surface area contributed by atoms with Gasteiger partial charge in [0.15, 0.2) is 5.58 Å². The molecule has 0 saturated carbocycles. The van der Waals surface area contributed by atoms with Crippen LogP contribution < -0.4 is 0 Å². The second-order valence-electron chi connectivity index (χ2n) is 7.97. The molecule has 10 heteroatoms. The Bertz CT molecular complexity index is 1460. The van der Waals surface area contributed by atoms with Crippen LogP contribution in [-0.4, -0.2) is 55.1 Å². The quantitative estimate of drug-likeness (QED) is 0.407. The smallest absolute Gasteiger partial charge is 0.308 e. The number of ether oxygens (including phenoxy) is 1. The molecule has 2 aromatic heterocycles. The van der Waals surface area contributed by atoms with Crippen molar-refractivity contribution in [3.63, 3.8) is 0 Å². The topological polar surface area (TPSA) is 123 Å². The fourth-order valence-corrected chi connectivity index (χ4v) is 5.25. The van der Waals surface area contributed by atoms with Gasteiger partial charge in [-0.25, -0.2) is 13.4 Å². The monoisotopic (exact) mass is 494 g/mol. The molecular weight excluding hydrogens is 472 g/mol. The Balaban J connectivity index is 1.40. The zero-order chi connectivity index (χ0) is 24.4. The van der Waals surface area contributed by atoms with Gasteiger partial charge in [-0.1, -0.05) is 12.1 Å². The van der Waals surface area contributed by atoms with Gasteiger partial charge in [-0.2, -0.15) is 4.31 Å². The van der Waals surface area contributed by atoms with Gasteiger partial charge < -0.3 is 18.7 Å². The molecule has 0 amide bonds. The maximum Gasteiger partial charge on any atom is 0.308 e. The predicted octanol–water partition coefficient (Wildman–Crippen LogP) is 4.12. The largest absolute Gasteiger partial charge is 0.481 e. The number of fused-ring (bicyclic) bond motifs is 1. The van der Waals surface area contributed by atoms with E-state index < -0.39 is 16.0 Å². The summed E-state index contributed by atoms with van der Waals surface area (Å²) in [6.45, 7) is 1.42. The molecule has 1 saturated heterocycles. The third-order valence-corrected chi connectivity index (χ3v) is 7.51. The molecule has 1 aliphatic rings. The van der Waals surface area contributed by atoms with Gasteiger partial charge in [-0.05, 0) is 54.6 Å². The molecule has 2 aromatic carbocycles. The van der Waals surface area contributed by atoms with Crippen LogP contribution in [0.15, 0.2) is 74.4 Å². The zero-order valence-electron chi connectivity index (χ0n) is 18.6. The molecule has 5 rings (SSSR count). The minimum Gasteiger partial charge on any atom is -0.481 e. The molecule has 0 atom stereocenters. The van der Waals surface area contributed by atoms with Crippen LogP contribution in [0.25, 0.3) is 34.1 Å². The number of nitrogens with zero attached hydrogens (tertiary/aromatic N) is 2. The van der Waals surface area contributed by atoms with Crippen molar-refractivity contribution in [2.45, 2.75) is 11.3 Å². The lowest BCUT2D eigenvalue weighted by molar-refractivity contribution is -0.135. The summed E-state index contributed by atoms with van der Waals surface area (Å²) < 4.78 is 43.9. The second-order valence-corrected chi connectivity index (χ2v) is 9.91. The average Bonchev–Trinajstić information content (AvgIpc) is 3.51. The number of hydrogen-bond donors (Lipinski definition) is 1. The van der Waals surface area contributed by atoms with Crippen LogP contribution in [0.2, 0.25) is 0 Å². The summed E-state index contributed by atoms with van der Waals surface area (Å²) in [5.74, 6) is 0.119. The number of sulfonamides is 1. The lowest BCUT2D eigenvalue weighted by Gasteiger charge is -2.26. The van der Waals surface area contributed by atoms with Crippen LogP contribution in [0.3, 0.4) is 0 Å². The molecule has 1 N–H and O–H groups in total. The van der Waals surface area contributed by atoms with Crippen LogP contribution in [0.5, 0.6) is 0 Å². The van der Waals surface area contributed by atoms with Gasteiger partial charge in [0.25, 0.3) is 0 Å². The summed E-state index contributed by atoms with van der Waals surface area (Å²) >= 11 is 0. The van der Waals surface area contributed by atoms with Gasteiger partial charge in [0, 0.05) is 24.2 Å². The van der Waals surface area contributed by atoms with Crippen LogP contribution in [-0.2, 0) is 19.6 Å². The number of carboxylic acid groups (broad SMARTS) is 1. The van der Waals surface area contributed by atoms with Gasteiger partial charge >= 0.3 is 5.97 Å². The zero-order valence-corrected chi connectivity index (χ0v) is 19.4. The number of aliphatic carboxylic acids is 1. The Kier molecular flexibility index (Phi) is 6.25. The average molecular weight is 495 g/mol. The van der Waals surface area contributed by atoms with E-state index in [4.69, 9.17) is 13.6 Å². The summed E-state index contributed by atoms with van der Waals surface area (Å²) in [7, 11) is -3.58. The maximum absolute atomic E-state index is 12.8. The van der Waals surface area contributed by atoms with Gasteiger partial charge in [0.05, 0.1) is 24.5 Å². The van der Waals surface area contributed by atoms with Crippen molar-refractivity contribution in [3.8, 4) is 11.3 Å². The Morgan fingerprint density at radius 2 is 1.74 bits per heavy atom. The number of hydrogen-bond acceptors (Lipinski definition) is 7. The van der Waals surface area contributed by atoms with E-state index in [0.29, 0.717) is 60.1 Å². The van der Waals surface area contributed by atoms with Crippen LogP contribution in [0.4, 0.5) is 0 Å². The number of oxazole rings is 1. The third-order valence-electron chi connectivity index (χ3n) is 5.60. The molecule has 180 valence electrons. The Hall–Kier alpha value is -3.73. The van der Waals surface area contributed by atoms with E-state index >= 15 is 0 Å². The highest BCUT2D eigenvalue weighted by atomic mass is 32.2. The first-order valence-electron chi connectivity index (χ1n) is 11.0. The molecule has 9 nitrogen and oxygen atoms in total. The Labute approximate surface area is 201 Å². The summed E-state index contributed by atoms with van der Waals surface area (Å²) in [5.41, 5.74) is 2.24. The Morgan fingerprint density at radius 3 is 2.46 bits per heavy atom. The highest BCUT2D eigenvalue weighted by Crippen LogP contribution is 2.29. The van der Waals surface area contributed by atoms with Crippen molar-refractivity contribution in [3.05, 3.63) is 72.3 Å². The summed E-state index contributed by atoms with van der Waals surface area (Å²) in [6, 6.07) is 17.1. The van der Waals surface area contributed by atoms with E-state index in [1.54, 1.807) is 54.6 Å². The van der Waals surface area contributed by atoms with Crippen molar-refractivity contribution in [2.24, 2.45) is 0 Å². The fourth-order valence-electron chi connectivity index (χ4n) is 3.85. The van der Waals surface area contributed by atoms with Crippen molar-refractivity contribution in [1.82, 2.24) is 9.29 Å². The minimum atomic E-state index is -3.58. The van der Waals surface area contributed by atoms with E-state index in [-0.39, 0.29) is 17.2 Å². The number of furan rings is 1. The summed E-state index contributed by atoms with van der Waals surface area (Å²) in [4.78, 5) is 16.0. The highest BCUT2D eigenvalue weighted by molar-refractivity contribution is 7.89.